The van der Waals surface area contributed by atoms with E-state index in [9.17, 15) is 9.59 Å². The first-order valence-corrected chi connectivity index (χ1v) is 4.70. The van der Waals surface area contributed by atoms with Gasteiger partial charge in [0.25, 0.3) is 0 Å². The van der Waals surface area contributed by atoms with Crippen LogP contribution in [-0.4, -0.2) is 52.1 Å². The molecule has 1 saturated heterocycles. The van der Waals surface area contributed by atoms with Crippen LogP contribution < -0.4 is 0 Å². The summed E-state index contributed by atoms with van der Waals surface area (Å²) < 4.78 is 0. The molecular formula is C9H16N2O3. The third kappa shape index (κ3) is 1.97. The Morgan fingerprint density at radius 2 is 1.64 bits per heavy atom. The van der Waals surface area contributed by atoms with Crippen molar-refractivity contribution in [3.63, 3.8) is 0 Å². The summed E-state index contributed by atoms with van der Waals surface area (Å²) in [6.07, 6.45) is -0.910. The molecule has 0 spiro atoms. The molecule has 2 atom stereocenters. The van der Waals surface area contributed by atoms with Gasteiger partial charge in [0.1, 0.15) is 0 Å². The van der Waals surface area contributed by atoms with Gasteiger partial charge in [-0.15, -0.1) is 0 Å². The topological polar surface area (TPSA) is 60.9 Å². The predicted molar refractivity (Wildman–Crippen MR) is 51.0 cm³/mol. The monoisotopic (exact) mass is 200 g/mol. The first kappa shape index (κ1) is 10.8. The summed E-state index contributed by atoms with van der Waals surface area (Å²) >= 11 is 0. The van der Waals surface area contributed by atoms with Crippen LogP contribution in [0.25, 0.3) is 0 Å². The Kier molecular flexibility index (Phi) is 2.98. The Balaban J connectivity index is 2.72. The minimum atomic E-state index is -0.910. The summed E-state index contributed by atoms with van der Waals surface area (Å²) in [6.45, 7) is 6.06. The molecule has 0 radical (unpaired) electrons. The van der Waals surface area contributed by atoms with Crippen LogP contribution in [0.1, 0.15) is 20.8 Å². The van der Waals surface area contributed by atoms with Crippen molar-refractivity contribution in [1.29, 1.82) is 0 Å². The Bertz CT molecular complexity index is 242. The number of piperazine rings is 1. The standard InChI is InChI=1S/C9H16N2O3/c1-6-4-10(9(13)14)5-7(2)11(6)8(3)12/h6-7H,4-5H2,1-3H3,(H,13,14)/t6-,7+. The molecule has 80 valence electrons. The molecule has 2 amide bonds. The van der Waals surface area contributed by atoms with Crippen LogP contribution in [0.2, 0.25) is 0 Å². The molecule has 0 unspecified atom stereocenters. The van der Waals surface area contributed by atoms with Crippen molar-refractivity contribution >= 4 is 12.0 Å². The van der Waals surface area contributed by atoms with Gasteiger partial charge in [0.05, 0.1) is 0 Å². The molecule has 0 aromatic carbocycles. The van der Waals surface area contributed by atoms with Gasteiger partial charge in [0, 0.05) is 32.1 Å². The van der Waals surface area contributed by atoms with E-state index in [4.69, 9.17) is 5.11 Å². The number of hydrogen-bond acceptors (Lipinski definition) is 2. The van der Waals surface area contributed by atoms with Crippen LogP contribution in [0.4, 0.5) is 4.79 Å². The Labute approximate surface area is 83.3 Å². The van der Waals surface area contributed by atoms with Crippen molar-refractivity contribution in [2.75, 3.05) is 13.1 Å². The minimum absolute atomic E-state index is 0.00930. The molecule has 0 aromatic rings. The average Bonchev–Trinajstić information content (AvgIpc) is 2.01. The molecule has 1 heterocycles. The van der Waals surface area contributed by atoms with E-state index in [1.807, 2.05) is 13.8 Å². The fourth-order valence-electron chi connectivity index (χ4n) is 2.10. The lowest BCUT2D eigenvalue weighted by molar-refractivity contribution is -0.136. The maximum Gasteiger partial charge on any atom is 0.407 e. The van der Waals surface area contributed by atoms with Crippen LogP contribution in [0.3, 0.4) is 0 Å². The first-order valence-electron chi connectivity index (χ1n) is 4.70. The Morgan fingerprint density at radius 1 is 1.21 bits per heavy atom. The van der Waals surface area contributed by atoms with Gasteiger partial charge in [-0.3, -0.25) is 4.79 Å². The second kappa shape index (κ2) is 3.86. The summed E-state index contributed by atoms with van der Waals surface area (Å²) in [4.78, 5) is 25.1. The maximum absolute atomic E-state index is 11.3. The van der Waals surface area contributed by atoms with Gasteiger partial charge in [0.15, 0.2) is 0 Å². The lowest BCUT2D eigenvalue weighted by atomic mass is 10.1. The van der Waals surface area contributed by atoms with Crippen LogP contribution in [0.5, 0.6) is 0 Å². The molecule has 1 rings (SSSR count). The molecule has 1 fully saturated rings. The van der Waals surface area contributed by atoms with Gasteiger partial charge in [-0.05, 0) is 13.8 Å². The molecule has 1 aliphatic rings. The molecular weight excluding hydrogens is 184 g/mol. The highest BCUT2D eigenvalue weighted by atomic mass is 16.4. The molecule has 5 heteroatoms. The summed E-state index contributed by atoms with van der Waals surface area (Å²) in [5.41, 5.74) is 0. The normalized spacial score (nSPS) is 27.6. The molecule has 5 nitrogen and oxygen atoms in total. The molecule has 14 heavy (non-hydrogen) atoms. The lowest BCUT2D eigenvalue weighted by Gasteiger charge is -2.42. The zero-order valence-corrected chi connectivity index (χ0v) is 8.73. The van der Waals surface area contributed by atoms with E-state index in [1.165, 1.54) is 11.8 Å². The van der Waals surface area contributed by atoms with E-state index in [0.29, 0.717) is 13.1 Å². The van der Waals surface area contributed by atoms with Crippen molar-refractivity contribution in [3.05, 3.63) is 0 Å². The van der Waals surface area contributed by atoms with Crippen molar-refractivity contribution < 1.29 is 14.7 Å². The van der Waals surface area contributed by atoms with Gasteiger partial charge in [-0.25, -0.2) is 4.79 Å². The van der Waals surface area contributed by atoms with Crippen molar-refractivity contribution in [1.82, 2.24) is 9.80 Å². The van der Waals surface area contributed by atoms with Crippen LogP contribution in [0.15, 0.2) is 0 Å². The van der Waals surface area contributed by atoms with Crippen LogP contribution in [-0.2, 0) is 4.79 Å². The van der Waals surface area contributed by atoms with Gasteiger partial charge in [0.2, 0.25) is 5.91 Å². The molecule has 0 saturated carbocycles. The number of carbonyl (C=O) groups is 2. The average molecular weight is 200 g/mol. The number of amides is 2. The van der Waals surface area contributed by atoms with E-state index in [2.05, 4.69) is 0 Å². The second-order valence-corrected chi connectivity index (χ2v) is 3.81. The quantitative estimate of drug-likeness (QED) is 0.623. The van der Waals surface area contributed by atoms with Gasteiger partial charge in [-0.1, -0.05) is 0 Å². The molecule has 1 N–H and O–H groups in total. The summed E-state index contributed by atoms with van der Waals surface area (Å²) in [6, 6.07) is -0.0697. The van der Waals surface area contributed by atoms with E-state index in [-0.39, 0.29) is 18.0 Å². The van der Waals surface area contributed by atoms with Crippen molar-refractivity contribution in [2.24, 2.45) is 0 Å². The molecule has 0 bridgehead atoms. The largest absolute Gasteiger partial charge is 0.465 e. The summed E-state index contributed by atoms with van der Waals surface area (Å²) in [5.74, 6) is 0.00930. The summed E-state index contributed by atoms with van der Waals surface area (Å²) in [7, 11) is 0. The first-order chi connectivity index (χ1) is 6.43. The zero-order chi connectivity index (χ0) is 10.9. The Hall–Kier alpha value is -1.26. The number of nitrogens with zero attached hydrogens (tertiary/aromatic N) is 2. The van der Waals surface area contributed by atoms with Crippen molar-refractivity contribution in [3.8, 4) is 0 Å². The Morgan fingerprint density at radius 3 is 1.93 bits per heavy atom. The fourth-order valence-corrected chi connectivity index (χ4v) is 2.10. The third-order valence-corrected chi connectivity index (χ3v) is 2.55. The SMILES string of the molecule is CC(=O)N1[C@H](C)CN(C(=O)O)C[C@@H]1C. The zero-order valence-electron chi connectivity index (χ0n) is 8.73. The van der Waals surface area contributed by atoms with Crippen molar-refractivity contribution in [2.45, 2.75) is 32.9 Å². The van der Waals surface area contributed by atoms with E-state index < -0.39 is 6.09 Å². The van der Waals surface area contributed by atoms with E-state index in [1.54, 1.807) is 4.90 Å². The molecule has 1 aliphatic heterocycles. The fraction of sp³-hybridized carbons (Fsp3) is 0.778. The number of carbonyl (C=O) groups excluding carboxylic acids is 1. The summed E-state index contributed by atoms with van der Waals surface area (Å²) in [5, 5.41) is 8.82. The third-order valence-electron chi connectivity index (χ3n) is 2.55. The highest BCUT2D eigenvalue weighted by Crippen LogP contribution is 2.15. The van der Waals surface area contributed by atoms with E-state index >= 15 is 0 Å². The van der Waals surface area contributed by atoms with Gasteiger partial charge in [-0.2, -0.15) is 0 Å². The predicted octanol–water partition coefficient (Wildman–Crippen LogP) is 0.606. The minimum Gasteiger partial charge on any atom is -0.465 e. The second-order valence-electron chi connectivity index (χ2n) is 3.81. The molecule has 0 aliphatic carbocycles. The van der Waals surface area contributed by atoms with E-state index in [0.717, 1.165) is 0 Å². The van der Waals surface area contributed by atoms with Gasteiger partial charge < -0.3 is 14.9 Å². The number of carboxylic acid groups (broad SMARTS) is 1. The lowest BCUT2D eigenvalue weighted by Crippen LogP contribution is -2.59. The van der Waals surface area contributed by atoms with Crippen LogP contribution in [0, 0.1) is 0 Å². The van der Waals surface area contributed by atoms with Gasteiger partial charge >= 0.3 is 6.09 Å². The maximum atomic E-state index is 11.3. The number of hydrogen-bond donors (Lipinski definition) is 1. The highest BCUT2D eigenvalue weighted by Gasteiger charge is 2.32. The van der Waals surface area contributed by atoms with Crippen LogP contribution >= 0.6 is 0 Å². The number of rotatable bonds is 0. The smallest absolute Gasteiger partial charge is 0.407 e. The molecule has 0 aromatic heterocycles. The highest BCUT2D eigenvalue weighted by molar-refractivity contribution is 5.74.